The Balaban J connectivity index is 1.72. The lowest BCUT2D eigenvalue weighted by atomic mass is 9.45. The van der Waals surface area contributed by atoms with Crippen LogP contribution in [0.3, 0.4) is 0 Å². The molecule has 22 heavy (non-hydrogen) atoms. The molecular weight excluding hydrogens is 268 g/mol. The predicted octanol–water partition coefficient (Wildman–Crippen LogP) is 5.34. The number of aliphatic hydroxyl groups is 1. The summed E-state index contributed by atoms with van der Waals surface area (Å²) in [6.07, 6.45) is 14.4. The molecule has 0 aromatic carbocycles. The van der Waals surface area contributed by atoms with Gasteiger partial charge in [-0.15, -0.1) is 0 Å². The molecule has 1 heteroatoms. The maximum atomic E-state index is 10.6. The molecule has 0 amide bonds. The van der Waals surface area contributed by atoms with Gasteiger partial charge in [0.2, 0.25) is 0 Å². The van der Waals surface area contributed by atoms with Crippen molar-refractivity contribution in [3.8, 4) is 0 Å². The molecular formula is C21H34O. The summed E-state index contributed by atoms with van der Waals surface area (Å²) in [6.45, 7) is 7.40. The van der Waals surface area contributed by atoms with E-state index in [2.05, 4.69) is 26.8 Å². The molecule has 0 spiro atoms. The van der Waals surface area contributed by atoms with Crippen LogP contribution in [0.4, 0.5) is 0 Å². The molecule has 124 valence electrons. The SMILES string of the molecule is CC[C@@H]1C[C@@H]2[C@H](CC[C@]3(C)C(O)CC[C@@H]23)[C@@]2(C)CCCC=C12. The molecule has 0 radical (unpaired) electrons. The second kappa shape index (κ2) is 5.10. The highest BCUT2D eigenvalue weighted by atomic mass is 16.3. The molecule has 0 bridgehead atoms. The van der Waals surface area contributed by atoms with E-state index >= 15 is 0 Å². The second-order valence-electron chi connectivity index (χ2n) is 9.32. The minimum absolute atomic E-state index is 0.0328. The fraction of sp³-hybridized carbons (Fsp3) is 0.905. The molecule has 3 saturated carbocycles. The third-order valence-electron chi connectivity index (χ3n) is 8.62. The van der Waals surface area contributed by atoms with Crippen molar-refractivity contribution in [3.63, 3.8) is 0 Å². The molecule has 0 aliphatic heterocycles. The van der Waals surface area contributed by atoms with E-state index in [0.29, 0.717) is 5.41 Å². The number of allylic oxidation sites excluding steroid dienone is 2. The Morgan fingerprint density at radius 3 is 2.73 bits per heavy atom. The first kappa shape index (κ1) is 15.2. The van der Waals surface area contributed by atoms with Crippen LogP contribution in [0.25, 0.3) is 0 Å². The molecule has 1 nitrogen and oxygen atoms in total. The van der Waals surface area contributed by atoms with E-state index in [1.807, 2.05) is 5.57 Å². The van der Waals surface area contributed by atoms with Crippen LogP contribution in [0.2, 0.25) is 0 Å². The first-order valence-electron chi connectivity index (χ1n) is 9.89. The van der Waals surface area contributed by atoms with E-state index in [1.54, 1.807) is 0 Å². The van der Waals surface area contributed by atoms with Crippen molar-refractivity contribution in [2.75, 3.05) is 0 Å². The summed E-state index contributed by atoms with van der Waals surface area (Å²) in [7, 11) is 0. The average Bonchev–Trinajstić information content (AvgIpc) is 2.82. The Morgan fingerprint density at radius 1 is 1.14 bits per heavy atom. The van der Waals surface area contributed by atoms with Gasteiger partial charge in [-0.1, -0.05) is 32.4 Å². The van der Waals surface area contributed by atoms with Gasteiger partial charge < -0.3 is 5.11 Å². The highest BCUT2D eigenvalue weighted by Gasteiger charge is 2.59. The van der Waals surface area contributed by atoms with Crippen molar-refractivity contribution < 1.29 is 5.11 Å². The lowest BCUT2D eigenvalue weighted by molar-refractivity contribution is -0.0827. The zero-order valence-electron chi connectivity index (χ0n) is 14.8. The molecule has 0 saturated heterocycles. The summed E-state index contributed by atoms with van der Waals surface area (Å²) in [6, 6.07) is 0. The lowest BCUT2D eigenvalue weighted by Gasteiger charge is -2.59. The topological polar surface area (TPSA) is 20.2 Å². The summed E-state index contributed by atoms with van der Waals surface area (Å²) in [5.74, 6) is 3.38. The molecule has 0 heterocycles. The van der Waals surface area contributed by atoms with Crippen molar-refractivity contribution in [1.82, 2.24) is 0 Å². The van der Waals surface area contributed by atoms with E-state index in [-0.39, 0.29) is 11.5 Å². The Morgan fingerprint density at radius 2 is 1.95 bits per heavy atom. The summed E-state index contributed by atoms with van der Waals surface area (Å²) in [4.78, 5) is 0. The highest BCUT2D eigenvalue weighted by Crippen LogP contribution is 2.66. The quantitative estimate of drug-likeness (QED) is 0.648. The maximum Gasteiger partial charge on any atom is 0.0596 e. The van der Waals surface area contributed by atoms with Gasteiger partial charge in [-0.05, 0) is 92.3 Å². The first-order chi connectivity index (χ1) is 10.5. The number of hydrogen-bond acceptors (Lipinski definition) is 1. The fourth-order valence-corrected chi connectivity index (χ4v) is 7.36. The molecule has 4 aliphatic carbocycles. The van der Waals surface area contributed by atoms with Crippen LogP contribution in [-0.4, -0.2) is 11.2 Å². The molecule has 3 fully saturated rings. The largest absolute Gasteiger partial charge is 0.393 e. The Bertz CT molecular complexity index is 480. The van der Waals surface area contributed by atoms with Crippen LogP contribution in [0.5, 0.6) is 0 Å². The van der Waals surface area contributed by atoms with E-state index in [4.69, 9.17) is 0 Å². The molecule has 4 rings (SSSR count). The minimum atomic E-state index is -0.0328. The molecule has 0 aromatic heterocycles. The van der Waals surface area contributed by atoms with Crippen molar-refractivity contribution in [3.05, 3.63) is 11.6 Å². The zero-order valence-corrected chi connectivity index (χ0v) is 14.8. The van der Waals surface area contributed by atoms with E-state index < -0.39 is 0 Å². The van der Waals surface area contributed by atoms with Crippen LogP contribution >= 0.6 is 0 Å². The van der Waals surface area contributed by atoms with Gasteiger partial charge in [0, 0.05) is 0 Å². The van der Waals surface area contributed by atoms with Crippen LogP contribution in [0, 0.1) is 34.5 Å². The van der Waals surface area contributed by atoms with E-state index in [0.717, 1.165) is 30.1 Å². The Kier molecular flexibility index (Phi) is 3.53. The standard InChI is InChI=1S/C21H34O/c1-4-14-13-15-17-8-9-19(22)21(17,3)12-10-18(15)20(2)11-6-5-7-16(14)20/h7,14-15,17-19,22H,4-6,8-13H2,1-3H3/t14-,15+,17+,18+,19?,20+,21+/m1/s1. The molecule has 1 N–H and O–H groups in total. The van der Waals surface area contributed by atoms with Crippen LogP contribution in [0.1, 0.15) is 78.6 Å². The Hall–Kier alpha value is -0.300. The van der Waals surface area contributed by atoms with Gasteiger partial charge in [-0.25, -0.2) is 0 Å². The van der Waals surface area contributed by atoms with Crippen molar-refractivity contribution in [1.29, 1.82) is 0 Å². The summed E-state index contributed by atoms with van der Waals surface area (Å²) >= 11 is 0. The summed E-state index contributed by atoms with van der Waals surface area (Å²) < 4.78 is 0. The van der Waals surface area contributed by atoms with Crippen LogP contribution < -0.4 is 0 Å². The average molecular weight is 303 g/mol. The molecule has 7 atom stereocenters. The van der Waals surface area contributed by atoms with Gasteiger partial charge in [-0.2, -0.15) is 0 Å². The van der Waals surface area contributed by atoms with Crippen molar-refractivity contribution in [2.45, 2.75) is 84.7 Å². The summed E-state index contributed by atoms with van der Waals surface area (Å²) in [5.41, 5.74) is 2.55. The Labute approximate surface area is 136 Å². The third-order valence-corrected chi connectivity index (χ3v) is 8.62. The van der Waals surface area contributed by atoms with Crippen LogP contribution in [0.15, 0.2) is 11.6 Å². The predicted molar refractivity (Wildman–Crippen MR) is 91.5 cm³/mol. The van der Waals surface area contributed by atoms with E-state index in [1.165, 1.54) is 51.4 Å². The van der Waals surface area contributed by atoms with Gasteiger partial charge in [0.05, 0.1) is 6.10 Å². The number of hydrogen-bond donors (Lipinski definition) is 1. The third kappa shape index (κ3) is 1.87. The van der Waals surface area contributed by atoms with Gasteiger partial charge in [0.1, 0.15) is 0 Å². The van der Waals surface area contributed by atoms with Crippen LogP contribution in [-0.2, 0) is 0 Å². The second-order valence-corrected chi connectivity index (χ2v) is 9.32. The lowest BCUT2D eigenvalue weighted by Crippen LogP contribution is -2.52. The molecule has 1 unspecified atom stereocenters. The molecule has 4 aliphatic rings. The normalized spacial score (nSPS) is 54.2. The van der Waals surface area contributed by atoms with Crippen molar-refractivity contribution >= 4 is 0 Å². The monoisotopic (exact) mass is 302 g/mol. The number of rotatable bonds is 1. The van der Waals surface area contributed by atoms with Gasteiger partial charge in [-0.3, -0.25) is 0 Å². The summed E-state index contributed by atoms with van der Waals surface area (Å²) in [5, 5.41) is 10.6. The van der Waals surface area contributed by atoms with E-state index in [9.17, 15) is 5.11 Å². The number of fused-ring (bicyclic) bond motifs is 5. The van der Waals surface area contributed by atoms with Gasteiger partial charge in [0.25, 0.3) is 0 Å². The smallest absolute Gasteiger partial charge is 0.0596 e. The maximum absolute atomic E-state index is 10.6. The molecule has 0 aromatic rings. The van der Waals surface area contributed by atoms with Crippen molar-refractivity contribution in [2.24, 2.45) is 34.5 Å². The first-order valence-corrected chi connectivity index (χ1v) is 9.89. The minimum Gasteiger partial charge on any atom is -0.393 e. The zero-order chi connectivity index (χ0) is 15.5. The van der Waals surface area contributed by atoms with Gasteiger partial charge >= 0.3 is 0 Å². The van der Waals surface area contributed by atoms with Gasteiger partial charge in [0.15, 0.2) is 0 Å². The highest BCUT2D eigenvalue weighted by molar-refractivity contribution is 5.26. The fourth-order valence-electron chi connectivity index (χ4n) is 7.36. The number of aliphatic hydroxyl groups excluding tert-OH is 1.